The van der Waals surface area contributed by atoms with Crippen molar-refractivity contribution in [3.05, 3.63) is 84.7 Å². The predicted octanol–water partition coefficient (Wildman–Crippen LogP) is 8.40. The molecule has 0 spiro atoms. The van der Waals surface area contributed by atoms with Gasteiger partial charge in [-0.05, 0) is 41.0 Å². The molecule has 1 heterocycles. The zero-order valence-electron chi connectivity index (χ0n) is 20.8. The molecule has 0 saturated carbocycles. The summed E-state index contributed by atoms with van der Waals surface area (Å²) in [6.07, 6.45) is 13.9. The summed E-state index contributed by atoms with van der Waals surface area (Å²) in [5.41, 5.74) is 2.10. The van der Waals surface area contributed by atoms with Crippen LogP contribution in [0.3, 0.4) is 0 Å². The highest BCUT2D eigenvalue weighted by molar-refractivity contribution is 5.87. The van der Waals surface area contributed by atoms with E-state index in [-0.39, 0.29) is 0 Å². The number of fused-ring (bicyclic) bond motifs is 1. The highest BCUT2D eigenvalue weighted by atomic mass is 16.5. The van der Waals surface area contributed by atoms with Crippen molar-refractivity contribution in [1.82, 2.24) is 9.97 Å². The van der Waals surface area contributed by atoms with E-state index in [1.165, 1.54) is 44.9 Å². The van der Waals surface area contributed by atoms with Crippen LogP contribution < -0.4 is 9.47 Å². The predicted molar refractivity (Wildman–Crippen MR) is 144 cm³/mol. The molecule has 0 aliphatic rings. The summed E-state index contributed by atoms with van der Waals surface area (Å²) < 4.78 is 11.8. The Balaban J connectivity index is 1.26. The highest BCUT2D eigenvalue weighted by Gasteiger charge is 2.05. The standard InChI is InChI=1S/C31H36N2O2/c1-2-3-4-5-6-7-8-12-19-34-29-18-17-26-20-28(16-15-27(26)21-29)31-32-22-30(23-33-31)35-24-25-13-10-9-11-14-25/h9-11,13-18,20-23H,2-8,12,19,24H2,1H3. The number of unbranched alkanes of at least 4 members (excludes halogenated alkanes) is 7. The monoisotopic (exact) mass is 468 g/mol. The lowest BCUT2D eigenvalue weighted by Crippen LogP contribution is -1.97. The Morgan fingerprint density at radius 3 is 2.09 bits per heavy atom. The second-order valence-electron chi connectivity index (χ2n) is 9.06. The van der Waals surface area contributed by atoms with Crippen molar-refractivity contribution >= 4 is 10.8 Å². The van der Waals surface area contributed by atoms with Crippen molar-refractivity contribution in [3.63, 3.8) is 0 Å². The molecule has 4 nitrogen and oxygen atoms in total. The van der Waals surface area contributed by atoms with Crippen molar-refractivity contribution in [2.75, 3.05) is 6.61 Å². The van der Waals surface area contributed by atoms with E-state index in [4.69, 9.17) is 9.47 Å². The lowest BCUT2D eigenvalue weighted by Gasteiger charge is -2.09. The first-order chi connectivity index (χ1) is 17.3. The molecule has 0 atom stereocenters. The zero-order chi connectivity index (χ0) is 24.1. The Morgan fingerprint density at radius 2 is 1.31 bits per heavy atom. The third-order valence-electron chi connectivity index (χ3n) is 6.21. The summed E-state index contributed by atoms with van der Waals surface area (Å²) in [4.78, 5) is 9.02. The van der Waals surface area contributed by atoms with Gasteiger partial charge in [-0.3, -0.25) is 0 Å². The van der Waals surface area contributed by atoms with Crippen LogP contribution in [-0.2, 0) is 6.61 Å². The second-order valence-corrected chi connectivity index (χ2v) is 9.06. The van der Waals surface area contributed by atoms with Gasteiger partial charge in [-0.2, -0.15) is 0 Å². The van der Waals surface area contributed by atoms with E-state index in [2.05, 4.69) is 53.3 Å². The fourth-order valence-corrected chi connectivity index (χ4v) is 4.16. The largest absolute Gasteiger partial charge is 0.494 e. The van der Waals surface area contributed by atoms with Crippen LogP contribution in [0.1, 0.15) is 63.9 Å². The molecule has 0 saturated heterocycles. The SMILES string of the molecule is CCCCCCCCCCOc1ccc2cc(-c3ncc(OCc4ccccc4)cn3)ccc2c1. The lowest BCUT2D eigenvalue weighted by atomic mass is 10.1. The van der Waals surface area contributed by atoms with Crippen molar-refractivity contribution in [2.24, 2.45) is 0 Å². The second kappa shape index (κ2) is 13.5. The van der Waals surface area contributed by atoms with Crippen LogP contribution in [0, 0.1) is 0 Å². The Bertz CT molecular complexity index is 1160. The minimum atomic E-state index is 0.503. The molecule has 0 radical (unpaired) electrons. The molecule has 35 heavy (non-hydrogen) atoms. The molecule has 4 aromatic rings. The van der Waals surface area contributed by atoms with Crippen molar-refractivity contribution in [2.45, 2.75) is 64.9 Å². The van der Waals surface area contributed by atoms with Gasteiger partial charge in [-0.15, -0.1) is 0 Å². The Labute approximate surface area is 209 Å². The maximum Gasteiger partial charge on any atom is 0.159 e. The van der Waals surface area contributed by atoms with Crippen molar-refractivity contribution in [3.8, 4) is 22.9 Å². The maximum atomic E-state index is 6.00. The normalized spacial score (nSPS) is 11.0. The first-order valence-electron chi connectivity index (χ1n) is 13.0. The van der Waals surface area contributed by atoms with Gasteiger partial charge >= 0.3 is 0 Å². The van der Waals surface area contributed by atoms with E-state index in [0.717, 1.165) is 40.7 Å². The van der Waals surface area contributed by atoms with Gasteiger partial charge in [0.25, 0.3) is 0 Å². The summed E-state index contributed by atoms with van der Waals surface area (Å²) in [7, 11) is 0. The van der Waals surface area contributed by atoms with Gasteiger partial charge in [0.05, 0.1) is 19.0 Å². The van der Waals surface area contributed by atoms with E-state index in [9.17, 15) is 0 Å². The molecule has 0 aliphatic carbocycles. The molecular weight excluding hydrogens is 432 g/mol. The zero-order valence-corrected chi connectivity index (χ0v) is 20.8. The van der Waals surface area contributed by atoms with Gasteiger partial charge < -0.3 is 9.47 Å². The van der Waals surface area contributed by atoms with Crippen LogP contribution in [0.4, 0.5) is 0 Å². The number of rotatable bonds is 14. The number of ether oxygens (including phenoxy) is 2. The molecule has 1 aromatic heterocycles. The molecule has 0 fully saturated rings. The van der Waals surface area contributed by atoms with E-state index in [0.29, 0.717) is 18.2 Å². The Hall–Kier alpha value is -3.40. The maximum absolute atomic E-state index is 6.00. The van der Waals surface area contributed by atoms with E-state index < -0.39 is 0 Å². The molecule has 4 heteroatoms. The molecule has 0 N–H and O–H groups in total. The fraction of sp³-hybridized carbons (Fsp3) is 0.355. The van der Waals surface area contributed by atoms with Crippen LogP contribution in [-0.4, -0.2) is 16.6 Å². The molecule has 0 bridgehead atoms. The van der Waals surface area contributed by atoms with E-state index in [1.54, 1.807) is 12.4 Å². The van der Waals surface area contributed by atoms with Crippen LogP contribution >= 0.6 is 0 Å². The number of benzene rings is 3. The summed E-state index contributed by atoms with van der Waals surface area (Å²) >= 11 is 0. The van der Waals surface area contributed by atoms with Crippen LogP contribution in [0.2, 0.25) is 0 Å². The Kier molecular flexibility index (Phi) is 9.52. The number of hydrogen-bond donors (Lipinski definition) is 0. The van der Waals surface area contributed by atoms with Gasteiger partial charge in [-0.25, -0.2) is 9.97 Å². The van der Waals surface area contributed by atoms with Gasteiger partial charge in [0.15, 0.2) is 11.6 Å². The molecule has 3 aromatic carbocycles. The van der Waals surface area contributed by atoms with Gasteiger partial charge in [0.1, 0.15) is 12.4 Å². The van der Waals surface area contributed by atoms with Gasteiger partial charge in [0.2, 0.25) is 0 Å². The average molecular weight is 469 g/mol. The summed E-state index contributed by atoms with van der Waals surface area (Å²) in [6.45, 7) is 3.55. The minimum Gasteiger partial charge on any atom is -0.494 e. The number of aromatic nitrogens is 2. The summed E-state index contributed by atoms with van der Waals surface area (Å²) in [5, 5.41) is 2.31. The summed E-state index contributed by atoms with van der Waals surface area (Å²) in [6, 6.07) is 22.7. The summed E-state index contributed by atoms with van der Waals surface area (Å²) in [5.74, 6) is 2.29. The van der Waals surface area contributed by atoms with Gasteiger partial charge in [0, 0.05) is 5.56 Å². The molecule has 182 valence electrons. The highest BCUT2D eigenvalue weighted by Crippen LogP contribution is 2.26. The van der Waals surface area contributed by atoms with Crippen molar-refractivity contribution < 1.29 is 9.47 Å². The number of nitrogens with zero attached hydrogens (tertiary/aromatic N) is 2. The minimum absolute atomic E-state index is 0.503. The lowest BCUT2D eigenvalue weighted by molar-refractivity contribution is 0.303. The quantitative estimate of drug-likeness (QED) is 0.174. The van der Waals surface area contributed by atoms with Crippen LogP contribution in [0.5, 0.6) is 11.5 Å². The topological polar surface area (TPSA) is 44.2 Å². The fourth-order valence-electron chi connectivity index (χ4n) is 4.16. The molecular formula is C31H36N2O2. The third kappa shape index (κ3) is 7.81. The molecule has 4 rings (SSSR count). The smallest absolute Gasteiger partial charge is 0.159 e. The number of hydrogen-bond acceptors (Lipinski definition) is 4. The average Bonchev–Trinajstić information content (AvgIpc) is 2.91. The van der Waals surface area contributed by atoms with Gasteiger partial charge in [-0.1, -0.05) is 100 Å². The van der Waals surface area contributed by atoms with Crippen molar-refractivity contribution in [1.29, 1.82) is 0 Å². The Morgan fingerprint density at radius 1 is 0.629 bits per heavy atom. The van der Waals surface area contributed by atoms with Crippen LogP contribution in [0.15, 0.2) is 79.1 Å². The third-order valence-corrected chi connectivity index (χ3v) is 6.21. The molecule has 0 unspecified atom stereocenters. The molecule has 0 aliphatic heterocycles. The van der Waals surface area contributed by atoms with E-state index in [1.807, 2.05) is 30.3 Å². The van der Waals surface area contributed by atoms with Crippen LogP contribution in [0.25, 0.3) is 22.2 Å². The van der Waals surface area contributed by atoms with E-state index >= 15 is 0 Å². The first-order valence-corrected chi connectivity index (χ1v) is 13.0. The molecule has 0 amide bonds. The first kappa shape index (κ1) is 24.7.